The van der Waals surface area contributed by atoms with E-state index in [-0.39, 0.29) is 5.91 Å². The number of benzene rings is 2. The first-order valence-corrected chi connectivity index (χ1v) is 9.76. The summed E-state index contributed by atoms with van der Waals surface area (Å²) in [6.07, 6.45) is 0. The molecule has 2 aromatic rings. The quantitative estimate of drug-likeness (QED) is 0.847. The lowest BCUT2D eigenvalue weighted by atomic mass is 10.0. The van der Waals surface area contributed by atoms with Gasteiger partial charge in [-0.3, -0.25) is 4.79 Å². The lowest BCUT2D eigenvalue weighted by molar-refractivity contribution is 0.0697. The minimum atomic E-state index is -3.50. The van der Waals surface area contributed by atoms with Crippen LogP contribution in [0.15, 0.2) is 53.4 Å². The average Bonchev–Trinajstić information content (AvgIpc) is 2.64. The number of rotatable bonds is 3. The molecule has 2 aromatic carbocycles. The van der Waals surface area contributed by atoms with Crippen LogP contribution in [0.25, 0.3) is 0 Å². The largest absolute Gasteiger partial charge is 0.336 e. The normalized spacial score (nSPS) is 16.0. The Hall–Kier alpha value is -2.18. The Morgan fingerprint density at radius 2 is 1.52 bits per heavy atom. The van der Waals surface area contributed by atoms with Crippen LogP contribution in [-0.2, 0) is 10.0 Å². The van der Waals surface area contributed by atoms with Crippen molar-refractivity contribution in [1.29, 1.82) is 0 Å². The number of carbonyl (C=O) groups excluding carboxylic acids is 1. The minimum Gasteiger partial charge on any atom is -0.336 e. The van der Waals surface area contributed by atoms with Crippen LogP contribution in [-0.4, -0.2) is 49.7 Å². The first kappa shape index (κ1) is 17.6. The molecule has 1 aliphatic heterocycles. The van der Waals surface area contributed by atoms with Crippen molar-refractivity contribution in [2.75, 3.05) is 26.2 Å². The van der Waals surface area contributed by atoms with Gasteiger partial charge in [0.05, 0.1) is 4.90 Å². The summed E-state index contributed by atoms with van der Waals surface area (Å²) < 4.78 is 26.8. The van der Waals surface area contributed by atoms with Gasteiger partial charge in [-0.2, -0.15) is 4.31 Å². The van der Waals surface area contributed by atoms with E-state index in [9.17, 15) is 13.2 Å². The zero-order chi connectivity index (χ0) is 18.0. The second-order valence-electron chi connectivity index (χ2n) is 6.26. The van der Waals surface area contributed by atoms with Crippen molar-refractivity contribution in [3.63, 3.8) is 0 Å². The van der Waals surface area contributed by atoms with Crippen LogP contribution in [0, 0.1) is 13.8 Å². The smallest absolute Gasteiger partial charge is 0.254 e. The van der Waals surface area contributed by atoms with Gasteiger partial charge < -0.3 is 4.90 Å². The molecule has 1 fully saturated rings. The number of sulfonamides is 1. The summed E-state index contributed by atoms with van der Waals surface area (Å²) >= 11 is 0. The predicted molar refractivity (Wildman–Crippen MR) is 97.0 cm³/mol. The monoisotopic (exact) mass is 358 g/mol. The summed E-state index contributed by atoms with van der Waals surface area (Å²) in [5.41, 5.74) is 2.75. The Balaban J connectivity index is 1.72. The zero-order valence-corrected chi connectivity index (χ0v) is 15.3. The van der Waals surface area contributed by atoms with Crippen molar-refractivity contribution in [1.82, 2.24) is 9.21 Å². The summed E-state index contributed by atoms with van der Waals surface area (Å²) in [5.74, 6) is -0.0297. The van der Waals surface area contributed by atoms with Crippen molar-refractivity contribution >= 4 is 15.9 Å². The van der Waals surface area contributed by atoms with Crippen LogP contribution in [0.3, 0.4) is 0 Å². The first-order valence-electron chi connectivity index (χ1n) is 8.32. The Morgan fingerprint density at radius 3 is 2.16 bits per heavy atom. The van der Waals surface area contributed by atoms with Gasteiger partial charge in [-0.05, 0) is 43.2 Å². The molecular weight excluding hydrogens is 336 g/mol. The molecule has 0 radical (unpaired) electrons. The summed E-state index contributed by atoms with van der Waals surface area (Å²) in [6.45, 7) is 5.35. The van der Waals surface area contributed by atoms with E-state index in [0.717, 1.165) is 11.1 Å². The molecule has 132 valence electrons. The second-order valence-corrected chi connectivity index (χ2v) is 8.19. The standard InChI is InChI=1S/C19H22N2O3S/c1-15-7-6-10-18(16(15)2)19(22)20-11-13-21(14-12-20)25(23,24)17-8-4-3-5-9-17/h3-10H,11-14H2,1-2H3. The molecule has 0 atom stereocenters. The Bertz CT molecular complexity index is 871. The third-order valence-electron chi connectivity index (χ3n) is 4.74. The number of amides is 1. The van der Waals surface area contributed by atoms with Crippen LogP contribution in [0.2, 0.25) is 0 Å². The summed E-state index contributed by atoms with van der Waals surface area (Å²) in [5, 5.41) is 0. The lowest BCUT2D eigenvalue weighted by Crippen LogP contribution is -2.50. The van der Waals surface area contributed by atoms with E-state index in [4.69, 9.17) is 0 Å². The van der Waals surface area contributed by atoms with Crippen LogP contribution in [0.5, 0.6) is 0 Å². The molecule has 1 saturated heterocycles. The van der Waals surface area contributed by atoms with Gasteiger partial charge in [0.25, 0.3) is 5.91 Å². The van der Waals surface area contributed by atoms with Crippen molar-refractivity contribution in [2.24, 2.45) is 0 Å². The Kier molecular flexibility index (Phi) is 4.92. The molecule has 0 bridgehead atoms. The maximum Gasteiger partial charge on any atom is 0.254 e. The number of hydrogen-bond donors (Lipinski definition) is 0. The second kappa shape index (κ2) is 6.98. The van der Waals surface area contributed by atoms with Crippen LogP contribution in [0.1, 0.15) is 21.5 Å². The highest BCUT2D eigenvalue weighted by atomic mass is 32.2. The summed E-state index contributed by atoms with van der Waals surface area (Å²) in [4.78, 5) is 14.8. The van der Waals surface area contributed by atoms with Crippen molar-refractivity contribution < 1.29 is 13.2 Å². The number of carbonyl (C=O) groups is 1. The van der Waals surface area contributed by atoms with Crippen LogP contribution >= 0.6 is 0 Å². The molecule has 1 amide bonds. The summed E-state index contributed by atoms with van der Waals surface area (Å²) in [6, 6.07) is 14.1. The molecule has 25 heavy (non-hydrogen) atoms. The molecule has 0 aromatic heterocycles. The van der Waals surface area contributed by atoms with E-state index in [2.05, 4.69) is 0 Å². The molecule has 3 rings (SSSR count). The average molecular weight is 358 g/mol. The predicted octanol–water partition coefficient (Wildman–Crippen LogP) is 2.45. The Morgan fingerprint density at radius 1 is 0.880 bits per heavy atom. The lowest BCUT2D eigenvalue weighted by Gasteiger charge is -2.34. The van der Waals surface area contributed by atoms with E-state index < -0.39 is 10.0 Å². The molecule has 6 heteroatoms. The number of aryl methyl sites for hydroxylation is 1. The SMILES string of the molecule is Cc1cccc(C(=O)N2CCN(S(=O)(=O)c3ccccc3)CC2)c1C. The molecule has 0 spiro atoms. The molecule has 1 aliphatic rings. The fourth-order valence-electron chi connectivity index (χ4n) is 3.03. The fourth-order valence-corrected chi connectivity index (χ4v) is 4.47. The molecule has 1 heterocycles. The highest BCUT2D eigenvalue weighted by molar-refractivity contribution is 7.89. The third-order valence-corrected chi connectivity index (χ3v) is 6.65. The maximum absolute atomic E-state index is 12.8. The topological polar surface area (TPSA) is 57.7 Å². The number of hydrogen-bond acceptors (Lipinski definition) is 3. The van der Waals surface area contributed by atoms with Gasteiger partial charge in [0, 0.05) is 31.7 Å². The molecular formula is C19H22N2O3S. The highest BCUT2D eigenvalue weighted by Crippen LogP contribution is 2.20. The van der Waals surface area contributed by atoms with E-state index in [1.54, 1.807) is 35.2 Å². The van der Waals surface area contributed by atoms with E-state index in [0.29, 0.717) is 36.6 Å². The molecule has 0 aliphatic carbocycles. The molecule has 0 N–H and O–H groups in total. The highest BCUT2D eigenvalue weighted by Gasteiger charge is 2.30. The van der Waals surface area contributed by atoms with Gasteiger partial charge in [-0.1, -0.05) is 30.3 Å². The van der Waals surface area contributed by atoms with Crippen molar-refractivity contribution in [2.45, 2.75) is 18.7 Å². The van der Waals surface area contributed by atoms with Gasteiger partial charge in [0.1, 0.15) is 0 Å². The van der Waals surface area contributed by atoms with Gasteiger partial charge >= 0.3 is 0 Å². The zero-order valence-electron chi connectivity index (χ0n) is 14.5. The van der Waals surface area contributed by atoms with Crippen LogP contribution in [0.4, 0.5) is 0 Å². The van der Waals surface area contributed by atoms with E-state index >= 15 is 0 Å². The Labute approximate surface area is 148 Å². The summed E-state index contributed by atoms with van der Waals surface area (Å²) in [7, 11) is -3.50. The van der Waals surface area contributed by atoms with Gasteiger partial charge in [-0.15, -0.1) is 0 Å². The number of piperazine rings is 1. The first-order chi connectivity index (χ1) is 11.9. The minimum absolute atomic E-state index is 0.0297. The van der Waals surface area contributed by atoms with Gasteiger partial charge in [-0.25, -0.2) is 8.42 Å². The van der Waals surface area contributed by atoms with E-state index in [1.807, 2.05) is 32.0 Å². The van der Waals surface area contributed by atoms with Gasteiger partial charge in [0.2, 0.25) is 10.0 Å². The van der Waals surface area contributed by atoms with Gasteiger partial charge in [0.15, 0.2) is 0 Å². The molecule has 5 nitrogen and oxygen atoms in total. The maximum atomic E-state index is 12.8. The van der Waals surface area contributed by atoms with Crippen molar-refractivity contribution in [3.05, 3.63) is 65.2 Å². The molecule has 0 unspecified atom stereocenters. The fraction of sp³-hybridized carbons (Fsp3) is 0.316. The number of nitrogens with zero attached hydrogens (tertiary/aromatic N) is 2. The van der Waals surface area contributed by atoms with Crippen LogP contribution < -0.4 is 0 Å². The molecule has 0 saturated carbocycles. The third kappa shape index (κ3) is 3.45. The van der Waals surface area contributed by atoms with E-state index in [1.165, 1.54) is 4.31 Å². The van der Waals surface area contributed by atoms with Crippen molar-refractivity contribution in [3.8, 4) is 0 Å².